The minimum atomic E-state index is -0.762. The fraction of sp³-hybridized carbons (Fsp3) is 0.389. The molecule has 5 nitrogen and oxygen atoms in total. The lowest BCUT2D eigenvalue weighted by atomic mass is 9.81. The molecule has 6 heteroatoms. The predicted molar refractivity (Wildman–Crippen MR) is 90.9 cm³/mol. The van der Waals surface area contributed by atoms with Gasteiger partial charge < -0.3 is 10.0 Å². The van der Waals surface area contributed by atoms with Crippen LogP contribution >= 0.6 is 11.3 Å². The maximum absolute atomic E-state index is 13.0. The topological polar surface area (TPSA) is 70.5 Å². The van der Waals surface area contributed by atoms with Crippen molar-refractivity contribution >= 4 is 23.2 Å². The summed E-state index contributed by atoms with van der Waals surface area (Å²) in [5, 5.41) is 9.69. The fourth-order valence-corrected chi connectivity index (χ4v) is 4.92. The summed E-state index contributed by atoms with van der Waals surface area (Å²) < 4.78 is 0. The van der Waals surface area contributed by atoms with E-state index in [1.165, 1.54) is 11.3 Å². The molecule has 1 saturated carbocycles. The van der Waals surface area contributed by atoms with Crippen LogP contribution in [0.1, 0.15) is 29.8 Å². The predicted octanol–water partition coefficient (Wildman–Crippen LogP) is 3.14. The van der Waals surface area contributed by atoms with Crippen LogP contribution in [0, 0.1) is 11.3 Å². The highest BCUT2D eigenvalue weighted by molar-refractivity contribution is 7.13. The van der Waals surface area contributed by atoms with Gasteiger partial charge in [-0.05, 0) is 24.3 Å². The number of hydrogen-bond donors (Lipinski definition) is 1. The van der Waals surface area contributed by atoms with Crippen LogP contribution in [0.15, 0.2) is 35.8 Å². The highest BCUT2D eigenvalue weighted by atomic mass is 32.1. The molecule has 0 unspecified atom stereocenters. The van der Waals surface area contributed by atoms with Crippen LogP contribution in [0.3, 0.4) is 0 Å². The van der Waals surface area contributed by atoms with Gasteiger partial charge in [-0.1, -0.05) is 36.8 Å². The molecule has 2 aromatic rings. The van der Waals surface area contributed by atoms with Gasteiger partial charge in [-0.2, -0.15) is 0 Å². The monoisotopic (exact) mass is 342 g/mol. The number of benzene rings is 1. The number of nitrogens with zero attached hydrogens (tertiary/aromatic N) is 2. The number of thiazole rings is 1. The molecule has 0 spiro atoms. The van der Waals surface area contributed by atoms with E-state index >= 15 is 0 Å². The molecule has 0 radical (unpaired) electrons. The first kappa shape index (κ1) is 15.3. The van der Waals surface area contributed by atoms with Crippen LogP contribution in [0.2, 0.25) is 0 Å². The number of fused-ring (bicyclic) bond motifs is 1. The van der Waals surface area contributed by atoms with E-state index in [2.05, 4.69) is 4.98 Å². The quantitative estimate of drug-likeness (QED) is 0.930. The van der Waals surface area contributed by atoms with Crippen molar-refractivity contribution in [1.29, 1.82) is 0 Å². The Labute approximate surface area is 143 Å². The Balaban J connectivity index is 1.63. The van der Waals surface area contributed by atoms with Gasteiger partial charge in [0, 0.05) is 13.1 Å². The summed E-state index contributed by atoms with van der Waals surface area (Å²) in [6.45, 7) is 0.828. The Morgan fingerprint density at radius 2 is 2.08 bits per heavy atom. The first-order chi connectivity index (χ1) is 11.6. The summed E-state index contributed by atoms with van der Waals surface area (Å²) in [4.78, 5) is 31.6. The van der Waals surface area contributed by atoms with Gasteiger partial charge in [-0.3, -0.25) is 9.59 Å². The molecule has 24 heavy (non-hydrogen) atoms. The van der Waals surface area contributed by atoms with Gasteiger partial charge >= 0.3 is 5.97 Å². The number of aliphatic carboxylic acids is 1. The molecule has 124 valence electrons. The van der Waals surface area contributed by atoms with E-state index in [4.69, 9.17) is 0 Å². The van der Waals surface area contributed by atoms with E-state index < -0.39 is 11.4 Å². The number of carbonyl (C=O) groups is 2. The molecule has 2 aliphatic rings. The van der Waals surface area contributed by atoms with Crippen molar-refractivity contribution in [3.05, 3.63) is 41.5 Å². The van der Waals surface area contributed by atoms with E-state index in [-0.39, 0.29) is 11.8 Å². The van der Waals surface area contributed by atoms with Gasteiger partial charge in [0.1, 0.15) is 5.69 Å². The molecule has 2 atom stereocenters. The highest BCUT2D eigenvalue weighted by Gasteiger charge is 2.56. The zero-order valence-corrected chi connectivity index (χ0v) is 14.0. The lowest BCUT2D eigenvalue weighted by molar-refractivity contribution is -0.149. The van der Waals surface area contributed by atoms with Crippen LogP contribution in [-0.2, 0) is 4.79 Å². The molecule has 1 aromatic heterocycles. The smallest absolute Gasteiger partial charge is 0.311 e. The second-order valence-corrected chi connectivity index (χ2v) is 7.49. The molecule has 4 rings (SSSR count). The van der Waals surface area contributed by atoms with Gasteiger partial charge in [0.15, 0.2) is 0 Å². The lowest BCUT2D eigenvalue weighted by Crippen LogP contribution is -2.37. The molecule has 0 bridgehead atoms. The van der Waals surface area contributed by atoms with E-state index in [1.54, 1.807) is 10.4 Å². The Hall–Kier alpha value is -2.21. The third kappa shape index (κ3) is 2.24. The Bertz CT molecular complexity index is 789. The number of carbonyl (C=O) groups excluding carboxylic acids is 1. The number of aromatic nitrogens is 1. The molecule has 1 amide bonds. The van der Waals surface area contributed by atoms with Crippen molar-refractivity contribution in [2.45, 2.75) is 19.3 Å². The van der Waals surface area contributed by atoms with Crippen molar-refractivity contribution in [2.75, 3.05) is 13.1 Å². The molecular weight excluding hydrogens is 324 g/mol. The number of hydrogen-bond acceptors (Lipinski definition) is 4. The van der Waals surface area contributed by atoms with Crippen molar-refractivity contribution < 1.29 is 14.7 Å². The third-order valence-corrected chi connectivity index (χ3v) is 6.27. The molecule has 1 aliphatic heterocycles. The van der Waals surface area contributed by atoms with Crippen LogP contribution in [0.5, 0.6) is 0 Å². The Morgan fingerprint density at radius 1 is 1.29 bits per heavy atom. The lowest BCUT2D eigenvalue weighted by Gasteiger charge is -2.23. The summed E-state index contributed by atoms with van der Waals surface area (Å²) in [6, 6.07) is 9.72. The minimum absolute atomic E-state index is 0.0674. The molecule has 2 fully saturated rings. The zero-order chi connectivity index (χ0) is 16.7. The van der Waals surface area contributed by atoms with Gasteiger partial charge in [-0.15, -0.1) is 11.3 Å². The fourth-order valence-electron chi connectivity index (χ4n) is 4.14. The van der Waals surface area contributed by atoms with E-state index in [0.29, 0.717) is 25.2 Å². The highest BCUT2D eigenvalue weighted by Crippen LogP contribution is 2.49. The summed E-state index contributed by atoms with van der Waals surface area (Å²) >= 11 is 1.44. The second-order valence-electron chi connectivity index (χ2n) is 6.63. The van der Waals surface area contributed by atoms with Gasteiger partial charge in [0.2, 0.25) is 0 Å². The molecular formula is C18H18N2O3S. The van der Waals surface area contributed by atoms with Gasteiger partial charge in [-0.25, -0.2) is 4.98 Å². The summed E-state index contributed by atoms with van der Waals surface area (Å²) in [6.07, 6.45) is 2.49. The van der Waals surface area contributed by atoms with Gasteiger partial charge in [0.25, 0.3) is 5.91 Å². The average molecular weight is 342 g/mol. The number of carboxylic acids is 1. The van der Waals surface area contributed by atoms with E-state index in [1.807, 2.05) is 30.3 Å². The SMILES string of the molecule is O=C(c1ncsc1-c1ccccc1)N1C[C@@H]2CCC[C@@]2(C(=O)O)C1. The first-order valence-corrected chi connectivity index (χ1v) is 9.01. The second kappa shape index (κ2) is 5.70. The standard InChI is InChI=1S/C18H18N2O3S/c21-16(14-15(24-11-19-14)12-5-2-1-3-6-12)20-9-13-7-4-8-18(13,10-20)17(22)23/h1-3,5-6,11,13H,4,7-10H2,(H,22,23)/t13-,18+/m0/s1. The van der Waals surface area contributed by atoms with Crippen molar-refractivity contribution in [3.63, 3.8) is 0 Å². The molecule has 1 N–H and O–H groups in total. The summed E-state index contributed by atoms with van der Waals surface area (Å²) in [7, 11) is 0. The molecule has 1 aromatic carbocycles. The minimum Gasteiger partial charge on any atom is -0.481 e. The molecule has 2 heterocycles. The Morgan fingerprint density at radius 3 is 2.79 bits per heavy atom. The molecule has 1 saturated heterocycles. The maximum atomic E-state index is 13.0. The van der Waals surface area contributed by atoms with Crippen LogP contribution in [0.4, 0.5) is 0 Å². The average Bonchev–Trinajstić information content (AvgIpc) is 3.28. The summed E-state index contributed by atoms with van der Waals surface area (Å²) in [5.74, 6) is -0.843. The normalized spacial score (nSPS) is 25.7. The van der Waals surface area contributed by atoms with Crippen LogP contribution in [0.25, 0.3) is 10.4 Å². The van der Waals surface area contributed by atoms with Gasteiger partial charge in [0.05, 0.1) is 15.8 Å². The van der Waals surface area contributed by atoms with Crippen molar-refractivity contribution in [2.24, 2.45) is 11.3 Å². The zero-order valence-electron chi connectivity index (χ0n) is 13.1. The van der Waals surface area contributed by atoms with Crippen LogP contribution < -0.4 is 0 Å². The van der Waals surface area contributed by atoms with Crippen LogP contribution in [-0.4, -0.2) is 40.0 Å². The number of carboxylic acid groups (broad SMARTS) is 1. The van der Waals surface area contributed by atoms with E-state index in [0.717, 1.165) is 23.3 Å². The molecule has 1 aliphatic carbocycles. The third-order valence-electron chi connectivity index (χ3n) is 5.39. The number of amides is 1. The number of likely N-dealkylation sites (tertiary alicyclic amines) is 1. The van der Waals surface area contributed by atoms with Crippen molar-refractivity contribution in [1.82, 2.24) is 9.88 Å². The maximum Gasteiger partial charge on any atom is 0.311 e. The number of rotatable bonds is 3. The first-order valence-electron chi connectivity index (χ1n) is 8.13. The Kier molecular flexibility index (Phi) is 3.64. The largest absolute Gasteiger partial charge is 0.481 e. The summed E-state index contributed by atoms with van der Waals surface area (Å²) in [5.41, 5.74) is 2.33. The van der Waals surface area contributed by atoms with Crippen molar-refractivity contribution in [3.8, 4) is 10.4 Å². The van der Waals surface area contributed by atoms with E-state index in [9.17, 15) is 14.7 Å².